The Bertz CT molecular complexity index is 459. The minimum absolute atomic E-state index is 0.280. The third-order valence-electron chi connectivity index (χ3n) is 3.09. The molecule has 1 aromatic carbocycles. The van der Waals surface area contributed by atoms with E-state index < -0.39 is 0 Å². The number of esters is 1. The summed E-state index contributed by atoms with van der Waals surface area (Å²) >= 11 is 0. The van der Waals surface area contributed by atoms with Gasteiger partial charge in [0.2, 0.25) is 0 Å². The summed E-state index contributed by atoms with van der Waals surface area (Å²) in [5, 5.41) is 0. The van der Waals surface area contributed by atoms with Gasteiger partial charge in [-0.3, -0.25) is 0 Å². The van der Waals surface area contributed by atoms with Crippen LogP contribution in [-0.2, 0) is 16.0 Å². The Morgan fingerprint density at radius 2 is 1.85 bits per heavy atom. The fourth-order valence-corrected chi connectivity index (χ4v) is 1.86. The van der Waals surface area contributed by atoms with E-state index in [0.717, 1.165) is 18.7 Å². The van der Waals surface area contributed by atoms with Gasteiger partial charge in [0.1, 0.15) is 0 Å². The average molecular weight is 273 g/mol. The van der Waals surface area contributed by atoms with Crippen molar-refractivity contribution >= 4 is 5.97 Å². The Labute approximate surface area is 121 Å². The van der Waals surface area contributed by atoms with Crippen LogP contribution in [0.4, 0.5) is 0 Å². The maximum Gasteiger partial charge on any atom is 0.334 e. The van der Waals surface area contributed by atoms with Crippen LogP contribution < -0.4 is 0 Å². The van der Waals surface area contributed by atoms with E-state index in [1.807, 2.05) is 48.7 Å². The molecule has 0 amide bonds. The summed E-state index contributed by atoms with van der Waals surface area (Å²) in [5.41, 5.74) is 1.75. The summed E-state index contributed by atoms with van der Waals surface area (Å²) < 4.78 is 4.84. The predicted molar refractivity (Wildman–Crippen MR) is 82.3 cm³/mol. The average Bonchev–Trinajstić information content (AvgIpc) is 2.50. The molecular weight excluding hydrogens is 250 g/mol. The van der Waals surface area contributed by atoms with E-state index in [9.17, 15) is 4.79 Å². The lowest BCUT2D eigenvalue weighted by Gasteiger charge is -2.14. The molecule has 0 bridgehead atoms. The van der Waals surface area contributed by atoms with Gasteiger partial charge in [-0.05, 0) is 31.7 Å². The van der Waals surface area contributed by atoms with Gasteiger partial charge in [-0.1, -0.05) is 36.4 Å². The lowest BCUT2D eigenvalue weighted by Crippen LogP contribution is -2.15. The van der Waals surface area contributed by atoms with Crippen molar-refractivity contribution in [1.82, 2.24) is 4.90 Å². The van der Waals surface area contributed by atoms with Crippen molar-refractivity contribution in [2.24, 2.45) is 0 Å². The van der Waals surface area contributed by atoms with Crippen LogP contribution in [0.5, 0.6) is 0 Å². The molecule has 0 heterocycles. The van der Waals surface area contributed by atoms with Crippen LogP contribution in [0.25, 0.3) is 0 Å². The number of nitrogens with zero attached hydrogens (tertiary/aromatic N) is 1. The smallest absolute Gasteiger partial charge is 0.334 e. The summed E-state index contributed by atoms with van der Waals surface area (Å²) in [7, 11) is 1.41. The first-order chi connectivity index (χ1) is 9.71. The standard InChI is InChI=1S/C17H23NO2/c1-4-18(5-2)13-9-12-16(17(19)20-3)14-15-10-7-6-8-11-15/h6-13H,4-5,14H2,1-3H3/b13-9+,16-12+. The Hall–Kier alpha value is -2.03. The third-order valence-corrected chi connectivity index (χ3v) is 3.09. The predicted octanol–water partition coefficient (Wildman–Crippen LogP) is 3.18. The Balaban J connectivity index is 2.81. The van der Waals surface area contributed by atoms with Gasteiger partial charge < -0.3 is 9.64 Å². The number of allylic oxidation sites excluding steroid dienone is 2. The summed E-state index contributed by atoms with van der Waals surface area (Å²) in [5.74, 6) is -0.280. The third kappa shape index (κ3) is 5.31. The van der Waals surface area contributed by atoms with E-state index >= 15 is 0 Å². The number of carbonyl (C=O) groups is 1. The monoisotopic (exact) mass is 273 g/mol. The highest BCUT2D eigenvalue weighted by atomic mass is 16.5. The number of methoxy groups -OCH3 is 1. The van der Waals surface area contributed by atoms with Crippen LogP contribution in [0.3, 0.4) is 0 Å². The van der Waals surface area contributed by atoms with Gasteiger partial charge in [-0.25, -0.2) is 4.79 Å². The van der Waals surface area contributed by atoms with Crippen molar-refractivity contribution in [1.29, 1.82) is 0 Å². The van der Waals surface area contributed by atoms with Gasteiger partial charge in [-0.2, -0.15) is 0 Å². The highest BCUT2D eigenvalue weighted by molar-refractivity contribution is 5.89. The minimum atomic E-state index is -0.280. The molecule has 0 aliphatic rings. The van der Waals surface area contributed by atoms with Crippen LogP contribution in [0.1, 0.15) is 19.4 Å². The largest absolute Gasteiger partial charge is 0.466 e. The molecule has 0 radical (unpaired) electrons. The zero-order valence-electron chi connectivity index (χ0n) is 12.5. The van der Waals surface area contributed by atoms with E-state index in [-0.39, 0.29) is 5.97 Å². The minimum Gasteiger partial charge on any atom is -0.466 e. The summed E-state index contributed by atoms with van der Waals surface area (Å²) in [6, 6.07) is 9.91. The Morgan fingerprint density at radius 3 is 2.40 bits per heavy atom. The molecule has 108 valence electrons. The number of rotatable bonds is 7. The zero-order chi connectivity index (χ0) is 14.8. The molecule has 0 saturated heterocycles. The molecule has 0 saturated carbocycles. The SMILES string of the molecule is CCN(/C=C/C=C(\Cc1ccccc1)C(=O)OC)CC. The van der Waals surface area contributed by atoms with Gasteiger partial charge >= 0.3 is 5.97 Å². The van der Waals surface area contributed by atoms with Gasteiger partial charge in [0, 0.05) is 25.1 Å². The van der Waals surface area contributed by atoms with Gasteiger partial charge in [0.05, 0.1) is 7.11 Å². The van der Waals surface area contributed by atoms with E-state index in [1.165, 1.54) is 7.11 Å². The highest BCUT2D eigenvalue weighted by Gasteiger charge is 2.09. The highest BCUT2D eigenvalue weighted by Crippen LogP contribution is 2.09. The number of hydrogen-bond acceptors (Lipinski definition) is 3. The molecule has 1 rings (SSSR count). The van der Waals surface area contributed by atoms with Crippen LogP contribution >= 0.6 is 0 Å². The van der Waals surface area contributed by atoms with Crippen LogP contribution in [-0.4, -0.2) is 31.1 Å². The maximum atomic E-state index is 11.8. The molecule has 0 atom stereocenters. The second kappa shape index (κ2) is 8.97. The lowest BCUT2D eigenvalue weighted by atomic mass is 10.1. The molecule has 3 nitrogen and oxygen atoms in total. The molecule has 0 unspecified atom stereocenters. The molecule has 1 aromatic rings. The normalized spacial score (nSPS) is 11.7. The van der Waals surface area contributed by atoms with E-state index in [4.69, 9.17) is 4.74 Å². The quantitative estimate of drug-likeness (QED) is 0.434. The second-order valence-corrected chi connectivity index (χ2v) is 4.41. The maximum absolute atomic E-state index is 11.8. The first-order valence-corrected chi connectivity index (χ1v) is 6.94. The fraction of sp³-hybridized carbons (Fsp3) is 0.353. The second-order valence-electron chi connectivity index (χ2n) is 4.41. The van der Waals surface area contributed by atoms with Gasteiger partial charge in [0.25, 0.3) is 0 Å². The van der Waals surface area contributed by atoms with Crippen molar-refractivity contribution in [3.63, 3.8) is 0 Å². The van der Waals surface area contributed by atoms with Crippen LogP contribution in [0.15, 0.2) is 54.3 Å². The number of ether oxygens (including phenoxy) is 1. The first kappa shape index (κ1) is 16.0. The Morgan fingerprint density at radius 1 is 1.20 bits per heavy atom. The molecular formula is C17H23NO2. The molecule has 0 N–H and O–H groups in total. The molecule has 0 spiro atoms. The first-order valence-electron chi connectivity index (χ1n) is 6.94. The number of benzene rings is 1. The van der Waals surface area contributed by atoms with Crippen molar-refractivity contribution < 1.29 is 9.53 Å². The van der Waals surface area contributed by atoms with Crippen molar-refractivity contribution in [2.75, 3.05) is 20.2 Å². The molecule has 0 fully saturated rings. The Kier molecular flexibility index (Phi) is 7.18. The summed E-state index contributed by atoms with van der Waals surface area (Å²) in [4.78, 5) is 14.0. The molecule has 0 aromatic heterocycles. The number of hydrogen-bond donors (Lipinski definition) is 0. The van der Waals surface area contributed by atoms with Crippen LogP contribution in [0.2, 0.25) is 0 Å². The van der Waals surface area contributed by atoms with E-state index in [2.05, 4.69) is 18.7 Å². The van der Waals surface area contributed by atoms with Crippen molar-refractivity contribution in [3.8, 4) is 0 Å². The molecule has 3 heteroatoms. The molecule has 0 aliphatic heterocycles. The lowest BCUT2D eigenvalue weighted by molar-refractivity contribution is -0.136. The summed E-state index contributed by atoms with van der Waals surface area (Å²) in [6.45, 7) is 6.10. The van der Waals surface area contributed by atoms with Crippen molar-refractivity contribution in [2.45, 2.75) is 20.3 Å². The molecule has 20 heavy (non-hydrogen) atoms. The molecule has 0 aliphatic carbocycles. The van der Waals surface area contributed by atoms with Crippen molar-refractivity contribution in [3.05, 3.63) is 59.8 Å². The van der Waals surface area contributed by atoms with E-state index in [0.29, 0.717) is 12.0 Å². The van der Waals surface area contributed by atoms with Gasteiger partial charge in [-0.15, -0.1) is 0 Å². The topological polar surface area (TPSA) is 29.5 Å². The van der Waals surface area contributed by atoms with E-state index in [1.54, 1.807) is 0 Å². The van der Waals surface area contributed by atoms with Crippen LogP contribution in [0, 0.1) is 0 Å². The summed E-state index contributed by atoms with van der Waals surface area (Å²) in [6.07, 6.45) is 6.31. The number of carbonyl (C=O) groups excluding carboxylic acids is 1. The fourth-order valence-electron chi connectivity index (χ4n) is 1.86. The van der Waals surface area contributed by atoms with Gasteiger partial charge in [0.15, 0.2) is 0 Å². The zero-order valence-corrected chi connectivity index (χ0v) is 12.5.